The Morgan fingerprint density at radius 1 is 0.425 bits per heavy atom. The molecule has 0 aliphatic rings. The van der Waals surface area contributed by atoms with Gasteiger partial charge in [0.1, 0.15) is 11.5 Å². The van der Waals surface area contributed by atoms with Gasteiger partial charge in [-0.15, -0.1) is 0 Å². The van der Waals surface area contributed by atoms with Gasteiger partial charge in [-0.25, -0.2) is 0 Å². The number of aryl methyl sites for hydroxylation is 2. The van der Waals surface area contributed by atoms with Crippen LogP contribution in [-0.4, -0.2) is 30.9 Å². The van der Waals surface area contributed by atoms with Crippen molar-refractivity contribution in [2.45, 2.75) is 130 Å². The Morgan fingerprint density at radius 3 is 0.875 bits per heavy atom. The van der Waals surface area contributed by atoms with Crippen LogP contribution in [0.25, 0.3) is 11.1 Å². The second-order valence-corrected chi connectivity index (χ2v) is 24.2. The lowest BCUT2D eigenvalue weighted by atomic mass is 9.95. The molecule has 0 fully saturated rings. The van der Waals surface area contributed by atoms with Crippen LogP contribution in [0.2, 0.25) is 33.2 Å². The summed E-state index contributed by atoms with van der Waals surface area (Å²) < 4.78 is 26.2. The van der Waals surface area contributed by atoms with Crippen molar-refractivity contribution in [2.75, 3.05) is 14.2 Å². The summed E-state index contributed by atoms with van der Waals surface area (Å²) in [6, 6.07) is 8.67. The lowest BCUT2D eigenvalue weighted by Crippen LogP contribution is -2.50. The molecule has 40 heavy (non-hydrogen) atoms. The Balaban J connectivity index is 2.82. The van der Waals surface area contributed by atoms with Crippen LogP contribution in [0.3, 0.4) is 0 Å². The van der Waals surface area contributed by atoms with Crippen LogP contribution in [0, 0.1) is 13.8 Å². The normalized spacial score (nSPS) is 12.8. The van der Waals surface area contributed by atoms with Crippen LogP contribution in [-0.2, 0) is 0 Å². The molecule has 2 aromatic carbocycles. The minimum atomic E-state index is -2.19. The quantitative estimate of drug-likeness (QED) is 0.219. The molecule has 0 saturated heterocycles. The smallest absolute Gasteiger partial charge is 0.258 e. The van der Waals surface area contributed by atoms with Crippen LogP contribution < -0.4 is 18.3 Å². The van der Waals surface area contributed by atoms with Gasteiger partial charge in [0.25, 0.3) is 16.6 Å². The zero-order valence-corrected chi connectivity index (χ0v) is 30.4. The highest BCUT2D eigenvalue weighted by Gasteiger charge is 2.48. The molecule has 0 unspecified atom stereocenters. The minimum absolute atomic E-state index is 0.464. The highest BCUT2D eigenvalue weighted by Crippen LogP contribution is 2.49. The van der Waals surface area contributed by atoms with Gasteiger partial charge in [-0.3, -0.25) is 0 Å². The second kappa shape index (κ2) is 13.4. The molecule has 0 heterocycles. The van der Waals surface area contributed by atoms with Gasteiger partial charge in [0.2, 0.25) is 0 Å². The predicted octanol–water partition coefficient (Wildman–Crippen LogP) is 11.1. The molecule has 0 radical (unpaired) electrons. The average molecular weight is 587 g/mol. The van der Waals surface area contributed by atoms with Crippen LogP contribution >= 0.6 is 0 Å². The van der Waals surface area contributed by atoms with Crippen molar-refractivity contribution in [2.24, 2.45) is 0 Å². The largest absolute Gasteiger partial charge is 0.540 e. The molecular formula is C34H58O4Si2. The molecule has 0 saturated carbocycles. The number of hydrogen-bond acceptors (Lipinski definition) is 4. The van der Waals surface area contributed by atoms with Gasteiger partial charge in [-0.05, 0) is 93.6 Å². The van der Waals surface area contributed by atoms with Gasteiger partial charge in [-0.1, -0.05) is 83.1 Å². The minimum Gasteiger partial charge on any atom is -0.540 e. The first-order chi connectivity index (χ1) is 18.5. The third-order valence-corrected chi connectivity index (χ3v) is 21.3. The molecule has 0 atom stereocenters. The van der Waals surface area contributed by atoms with Gasteiger partial charge in [-0.2, -0.15) is 0 Å². The van der Waals surface area contributed by atoms with E-state index in [0.29, 0.717) is 33.2 Å². The van der Waals surface area contributed by atoms with E-state index in [9.17, 15) is 0 Å². The Bertz CT molecular complexity index is 1000. The van der Waals surface area contributed by atoms with E-state index in [1.165, 1.54) is 0 Å². The summed E-state index contributed by atoms with van der Waals surface area (Å²) in [5.74, 6) is 3.29. The van der Waals surface area contributed by atoms with Gasteiger partial charge in [0.05, 0.1) is 14.2 Å². The van der Waals surface area contributed by atoms with Crippen molar-refractivity contribution < 1.29 is 18.3 Å². The van der Waals surface area contributed by atoms with Gasteiger partial charge in [0.15, 0.2) is 11.5 Å². The first-order valence-corrected chi connectivity index (χ1v) is 19.5. The van der Waals surface area contributed by atoms with Crippen molar-refractivity contribution in [3.05, 3.63) is 35.4 Å². The summed E-state index contributed by atoms with van der Waals surface area (Å²) >= 11 is 0. The van der Waals surface area contributed by atoms with Gasteiger partial charge in [0, 0.05) is 0 Å². The van der Waals surface area contributed by atoms with Crippen molar-refractivity contribution in [3.63, 3.8) is 0 Å². The first kappa shape index (κ1) is 34.3. The molecule has 0 N–H and O–H groups in total. The van der Waals surface area contributed by atoms with E-state index in [0.717, 1.165) is 45.3 Å². The molecule has 0 aliphatic carbocycles. The highest BCUT2D eigenvalue weighted by atomic mass is 28.4. The average Bonchev–Trinajstić information content (AvgIpc) is 2.85. The molecule has 226 valence electrons. The first-order valence-electron chi connectivity index (χ1n) is 15.3. The Hall–Kier alpha value is -1.93. The number of hydrogen-bond donors (Lipinski definition) is 0. The number of benzene rings is 2. The number of rotatable bonds is 13. The third kappa shape index (κ3) is 6.28. The number of ether oxygens (including phenoxy) is 2. The van der Waals surface area contributed by atoms with Crippen LogP contribution in [0.5, 0.6) is 23.0 Å². The molecule has 2 aromatic rings. The third-order valence-electron chi connectivity index (χ3n) is 9.30. The number of methoxy groups -OCH3 is 2. The maximum atomic E-state index is 7.18. The summed E-state index contributed by atoms with van der Waals surface area (Å²) in [7, 11) is -0.892. The molecule has 2 rings (SSSR count). The molecule has 0 aromatic heterocycles. The Kier molecular flexibility index (Phi) is 11.5. The zero-order chi connectivity index (χ0) is 30.7. The highest BCUT2D eigenvalue weighted by molar-refractivity contribution is 6.78. The van der Waals surface area contributed by atoms with Crippen LogP contribution in [0.15, 0.2) is 24.3 Å². The van der Waals surface area contributed by atoms with E-state index in [4.69, 9.17) is 18.3 Å². The van der Waals surface area contributed by atoms with Crippen LogP contribution in [0.1, 0.15) is 94.2 Å². The van der Waals surface area contributed by atoms with E-state index in [1.807, 2.05) is 0 Å². The predicted molar refractivity (Wildman–Crippen MR) is 178 cm³/mol. The van der Waals surface area contributed by atoms with E-state index < -0.39 is 16.6 Å². The summed E-state index contributed by atoms with van der Waals surface area (Å²) in [6.07, 6.45) is 0. The molecule has 0 aliphatic heterocycles. The van der Waals surface area contributed by atoms with E-state index >= 15 is 0 Å². The molecule has 0 amide bonds. The Labute approximate surface area is 248 Å². The summed E-state index contributed by atoms with van der Waals surface area (Å²) in [4.78, 5) is 0. The van der Waals surface area contributed by atoms with Crippen molar-refractivity contribution in [1.82, 2.24) is 0 Å². The molecular weight excluding hydrogens is 529 g/mol. The summed E-state index contributed by atoms with van der Waals surface area (Å²) in [5.41, 5.74) is 7.37. The fraction of sp³-hybridized carbons (Fsp3) is 0.647. The Morgan fingerprint density at radius 2 is 0.675 bits per heavy atom. The van der Waals surface area contributed by atoms with E-state index in [-0.39, 0.29) is 0 Å². The van der Waals surface area contributed by atoms with Crippen LogP contribution in [0.4, 0.5) is 0 Å². The zero-order valence-electron chi connectivity index (χ0n) is 28.4. The second-order valence-electron chi connectivity index (χ2n) is 13.5. The SMILES string of the molecule is COc1cc(C)c(-c2cc(O[Si](C(C)C)(C(C)C)C(C)C)c(OC)cc2C)cc1O[Si](C(C)C)(C(C)C)C(C)C. The topological polar surface area (TPSA) is 36.9 Å². The molecule has 4 nitrogen and oxygen atoms in total. The summed E-state index contributed by atoms with van der Waals surface area (Å²) in [6.45, 7) is 32.1. The van der Waals surface area contributed by atoms with E-state index in [1.54, 1.807) is 14.2 Å². The maximum absolute atomic E-state index is 7.18. The summed E-state index contributed by atoms with van der Waals surface area (Å²) in [5, 5.41) is 0. The fourth-order valence-electron chi connectivity index (χ4n) is 7.47. The van der Waals surface area contributed by atoms with Crippen molar-refractivity contribution in [3.8, 4) is 34.1 Å². The fourth-order valence-corrected chi connectivity index (χ4v) is 18.0. The maximum Gasteiger partial charge on any atom is 0.258 e. The molecule has 6 heteroatoms. The van der Waals surface area contributed by atoms with E-state index in [2.05, 4.69) is 121 Å². The lowest BCUT2D eigenvalue weighted by molar-refractivity contribution is 0.382. The van der Waals surface area contributed by atoms with Gasteiger partial charge < -0.3 is 18.3 Å². The standard InChI is InChI=1S/C34H58O4Si2/c1-21(2)39(22(3)4,23(5)6)37-33-19-29(27(13)17-31(33)35-15)30-20-34(32(36-16)18-28(30)14)38-40(24(7)8,25(9)10)26(11)12/h17-26H,1-16H3. The monoisotopic (exact) mass is 586 g/mol. The van der Waals surface area contributed by atoms with Gasteiger partial charge >= 0.3 is 0 Å². The van der Waals surface area contributed by atoms with Crippen molar-refractivity contribution >= 4 is 16.6 Å². The lowest BCUT2D eigenvalue weighted by Gasteiger charge is -2.42. The molecule has 0 bridgehead atoms. The van der Waals surface area contributed by atoms with Crippen molar-refractivity contribution in [1.29, 1.82) is 0 Å². The molecule has 0 spiro atoms.